The van der Waals surface area contributed by atoms with E-state index in [0.29, 0.717) is 10.2 Å². The lowest BCUT2D eigenvalue weighted by Crippen LogP contribution is -2.10. The van der Waals surface area contributed by atoms with Crippen LogP contribution in [0.5, 0.6) is 0 Å². The van der Waals surface area contributed by atoms with Crippen molar-refractivity contribution < 1.29 is 13.2 Å². The van der Waals surface area contributed by atoms with Crippen molar-refractivity contribution in [3.63, 3.8) is 0 Å². The molecule has 1 aromatic heterocycles. The highest BCUT2D eigenvalue weighted by molar-refractivity contribution is 9.10. The molecule has 0 aliphatic heterocycles. The van der Waals surface area contributed by atoms with Gasteiger partial charge in [0, 0.05) is 22.6 Å². The molecule has 1 N–H and O–H groups in total. The van der Waals surface area contributed by atoms with Gasteiger partial charge in [0.25, 0.3) is 0 Å². The van der Waals surface area contributed by atoms with E-state index in [2.05, 4.69) is 26.2 Å². The quantitative estimate of drug-likeness (QED) is 0.843. The minimum Gasteiger partial charge on any atom is -0.378 e. The largest absolute Gasteiger partial charge is 0.416 e. The predicted molar refractivity (Wildman–Crippen MR) is 75.4 cm³/mol. The van der Waals surface area contributed by atoms with Gasteiger partial charge in [0.15, 0.2) is 0 Å². The van der Waals surface area contributed by atoms with Gasteiger partial charge in [0.05, 0.1) is 11.6 Å². The molecule has 1 heterocycles. The third kappa shape index (κ3) is 3.50. The molecule has 1 aromatic carbocycles. The molecule has 0 bridgehead atoms. The number of halogens is 4. The van der Waals surface area contributed by atoms with Gasteiger partial charge >= 0.3 is 6.18 Å². The number of aromatic nitrogens is 1. The maximum absolute atomic E-state index is 12.7. The molecule has 106 valence electrons. The van der Waals surface area contributed by atoms with Crippen molar-refractivity contribution in [2.45, 2.75) is 19.1 Å². The Kier molecular flexibility index (Phi) is 4.32. The van der Waals surface area contributed by atoms with E-state index in [-0.39, 0.29) is 6.04 Å². The van der Waals surface area contributed by atoms with Crippen molar-refractivity contribution in [2.24, 2.45) is 0 Å². The van der Waals surface area contributed by atoms with Gasteiger partial charge in [0.2, 0.25) is 0 Å². The van der Waals surface area contributed by atoms with E-state index in [1.807, 2.05) is 13.0 Å². The number of hydrogen-bond donors (Lipinski definition) is 1. The van der Waals surface area contributed by atoms with E-state index in [1.54, 1.807) is 18.5 Å². The smallest absolute Gasteiger partial charge is 0.378 e. The Morgan fingerprint density at radius 3 is 2.60 bits per heavy atom. The Bertz CT molecular complexity index is 585. The van der Waals surface area contributed by atoms with Crippen molar-refractivity contribution in [1.82, 2.24) is 4.98 Å². The lowest BCUT2D eigenvalue weighted by Gasteiger charge is -2.18. The monoisotopic (exact) mass is 344 g/mol. The molecule has 2 rings (SSSR count). The molecule has 2 aromatic rings. The normalized spacial score (nSPS) is 13.1. The van der Waals surface area contributed by atoms with Gasteiger partial charge in [-0.3, -0.25) is 4.98 Å². The molecule has 0 aliphatic carbocycles. The fraction of sp³-hybridized carbons (Fsp3) is 0.214. The molecular formula is C14H12BrF3N2. The van der Waals surface area contributed by atoms with E-state index in [9.17, 15) is 13.2 Å². The Balaban J connectivity index is 2.25. The van der Waals surface area contributed by atoms with Crippen LogP contribution in [0.1, 0.15) is 24.1 Å². The SMILES string of the molecule is CC(Nc1cc(C(F)(F)F)ccc1Br)c1cccnc1. The van der Waals surface area contributed by atoms with E-state index in [4.69, 9.17) is 0 Å². The van der Waals surface area contributed by atoms with Crippen molar-refractivity contribution in [3.05, 3.63) is 58.3 Å². The molecule has 2 nitrogen and oxygen atoms in total. The highest BCUT2D eigenvalue weighted by atomic mass is 79.9. The summed E-state index contributed by atoms with van der Waals surface area (Å²) < 4.78 is 38.7. The van der Waals surface area contributed by atoms with Crippen molar-refractivity contribution in [2.75, 3.05) is 5.32 Å². The summed E-state index contributed by atoms with van der Waals surface area (Å²) in [5, 5.41) is 3.05. The number of pyridine rings is 1. The van der Waals surface area contributed by atoms with E-state index in [0.717, 1.165) is 17.7 Å². The number of hydrogen-bond acceptors (Lipinski definition) is 2. The van der Waals surface area contributed by atoms with Crippen LogP contribution >= 0.6 is 15.9 Å². The third-order valence-corrected chi connectivity index (χ3v) is 3.54. The molecule has 0 aliphatic rings. The average Bonchev–Trinajstić information content (AvgIpc) is 2.41. The Morgan fingerprint density at radius 1 is 1.25 bits per heavy atom. The zero-order chi connectivity index (χ0) is 14.8. The minimum absolute atomic E-state index is 0.150. The Hall–Kier alpha value is -1.56. The van der Waals surface area contributed by atoms with Gasteiger partial charge in [0.1, 0.15) is 0 Å². The van der Waals surface area contributed by atoms with E-state index in [1.165, 1.54) is 6.07 Å². The van der Waals surface area contributed by atoms with Crippen LogP contribution in [-0.2, 0) is 6.18 Å². The summed E-state index contributed by atoms with van der Waals surface area (Å²) >= 11 is 3.25. The molecule has 0 saturated carbocycles. The van der Waals surface area contributed by atoms with Gasteiger partial charge in [-0.15, -0.1) is 0 Å². The number of alkyl halides is 3. The lowest BCUT2D eigenvalue weighted by atomic mass is 10.1. The van der Waals surface area contributed by atoms with Gasteiger partial charge in [-0.25, -0.2) is 0 Å². The average molecular weight is 345 g/mol. The van der Waals surface area contributed by atoms with Crippen LogP contribution in [0.4, 0.5) is 18.9 Å². The van der Waals surface area contributed by atoms with Crippen molar-refractivity contribution in [3.8, 4) is 0 Å². The first-order chi connectivity index (χ1) is 9.38. The number of benzene rings is 1. The summed E-state index contributed by atoms with van der Waals surface area (Å²) in [5.74, 6) is 0. The van der Waals surface area contributed by atoms with Gasteiger partial charge < -0.3 is 5.32 Å². The fourth-order valence-corrected chi connectivity index (χ4v) is 2.12. The molecule has 6 heteroatoms. The molecule has 20 heavy (non-hydrogen) atoms. The Morgan fingerprint density at radius 2 is 2.00 bits per heavy atom. The summed E-state index contributed by atoms with van der Waals surface area (Å²) in [6.07, 6.45) is -1.02. The van der Waals surface area contributed by atoms with Crippen molar-refractivity contribution >= 4 is 21.6 Å². The van der Waals surface area contributed by atoms with Gasteiger partial charge in [-0.05, 0) is 52.7 Å². The standard InChI is InChI=1S/C14H12BrF3N2/c1-9(10-3-2-6-19-8-10)20-13-7-11(14(16,17)18)4-5-12(13)15/h2-9,20H,1H3. The fourth-order valence-electron chi connectivity index (χ4n) is 1.76. The second-order valence-electron chi connectivity index (χ2n) is 4.34. The third-order valence-electron chi connectivity index (χ3n) is 2.85. The second-order valence-corrected chi connectivity index (χ2v) is 5.20. The maximum atomic E-state index is 12.7. The zero-order valence-electron chi connectivity index (χ0n) is 10.6. The van der Waals surface area contributed by atoms with Crippen LogP contribution in [0, 0.1) is 0 Å². The summed E-state index contributed by atoms with van der Waals surface area (Å²) in [7, 11) is 0. The molecule has 0 radical (unpaired) electrons. The molecule has 1 unspecified atom stereocenters. The van der Waals surface area contributed by atoms with Crippen LogP contribution in [0.2, 0.25) is 0 Å². The first-order valence-electron chi connectivity index (χ1n) is 5.91. The topological polar surface area (TPSA) is 24.9 Å². The molecule has 1 atom stereocenters. The summed E-state index contributed by atoms with van der Waals surface area (Å²) in [6.45, 7) is 1.86. The lowest BCUT2D eigenvalue weighted by molar-refractivity contribution is -0.137. The molecule has 0 amide bonds. The van der Waals surface area contributed by atoms with Crippen LogP contribution < -0.4 is 5.32 Å². The second kappa shape index (κ2) is 5.83. The maximum Gasteiger partial charge on any atom is 0.416 e. The Labute approximate surface area is 123 Å². The molecule has 0 fully saturated rings. The van der Waals surface area contributed by atoms with Crippen LogP contribution in [0.15, 0.2) is 47.2 Å². The minimum atomic E-state index is -4.35. The van der Waals surface area contributed by atoms with Crippen LogP contribution in [-0.4, -0.2) is 4.98 Å². The predicted octanol–water partition coefficient (Wildman–Crippen LogP) is 5.04. The number of nitrogens with zero attached hydrogens (tertiary/aromatic N) is 1. The van der Waals surface area contributed by atoms with E-state index < -0.39 is 11.7 Å². The number of anilines is 1. The molecule has 0 saturated heterocycles. The highest BCUT2D eigenvalue weighted by Crippen LogP contribution is 2.35. The zero-order valence-corrected chi connectivity index (χ0v) is 12.2. The van der Waals surface area contributed by atoms with Crippen LogP contribution in [0.3, 0.4) is 0 Å². The van der Waals surface area contributed by atoms with Crippen molar-refractivity contribution in [1.29, 1.82) is 0 Å². The number of nitrogens with one attached hydrogen (secondary N) is 1. The summed E-state index contributed by atoms with van der Waals surface area (Å²) in [5.41, 5.74) is 0.620. The van der Waals surface area contributed by atoms with Crippen LogP contribution in [0.25, 0.3) is 0 Å². The van der Waals surface area contributed by atoms with E-state index >= 15 is 0 Å². The molecular weight excluding hydrogens is 333 g/mol. The highest BCUT2D eigenvalue weighted by Gasteiger charge is 2.31. The number of rotatable bonds is 3. The summed E-state index contributed by atoms with van der Waals surface area (Å²) in [4.78, 5) is 3.99. The van der Waals surface area contributed by atoms with Gasteiger partial charge in [-0.2, -0.15) is 13.2 Å². The summed E-state index contributed by atoms with van der Waals surface area (Å²) in [6, 6.07) is 7.03. The first-order valence-corrected chi connectivity index (χ1v) is 6.70. The molecule has 0 spiro atoms. The van der Waals surface area contributed by atoms with Gasteiger partial charge in [-0.1, -0.05) is 6.07 Å². The first kappa shape index (κ1) is 14.8.